The lowest BCUT2D eigenvalue weighted by atomic mass is 9.67. The maximum Gasteiger partial charge on any atom is 0.217 e. The molecule has 6 rings (SSSR count). The second-order valence-electron chi connectivity index (χ2n) is 10.7. The summed E-state index contributed by atoms with van der Waals surface area (Å²) in [7, 11) is 0. The van der Waals surface area contributed by atoms with Crippen molar-refractivity contribution in [1.82, 2.24) is 20.6 Å². The fraction of sp³-hybridized carbons (Fsp3) is 0.433. The van der Waals surface area contributed by atoms with Gasteiger partial charge >= 0.3 is 0 Å². The van der Waals surface area contributed by atoms with Crippen molar-refractivity contribution in [2.75, 3.05) is 18.0 Å². The number of amides is 1. The number of carbonyl (C=O) groups excluding carboxylic acids is 1. The van der Waals surface area contributed by atoms with Gasteiger partial charge in [-0.2, -0.15) is 0 Å². The molecule has 1 amide bonds. The van der Waals surface area contributed by atoms with Crippen LogP contribution in [0.1, 0.15) is 67.0 Å². The van der Waals surface area contributed by atoms with Gasteiger partial charge in [-0.05, 0) is 73.9 Å². The van der Waals surface area contributed by atoms with E-state index in [2.05, 4.69) is 76.0 Å². The second kappa shape index (κ2) is 9.32. The summed E-state index contributed by atoms with van der Waals surface area (Å²) in [6, 6.07) is 17.7. The molecular weight excluding hydrogens is 446 g/mol. The zero-order valence-electron chi connectivity index (χ0n) is 21.3. The number of aromatic nitrogens is 2. The third kappa shape index (κ3) is 3.79. The van der Waals surface area contributed by atoms with Crippen molar-refractivity contribution >= 4 is 17.4 Å². The molecule has 3 aromatic rings. The van der Waals surface area contributed by atoms with Gasteiger partial charge in [0.2, 0.25) is 5.91 Å². The highest BCUT2D eigenvalue weighted by atomic mass is 16.1. The summed E-state index contributed by atoms with van der Waals surface area (Å²) >= 11 is 0. The Morgan fingerprint density at radius 3 is 2.69 bits per heavy atom. The molecule has 0 bridgehead atoms. The topological polar surface area (TPSA) is 70.2 Å². The van der Waals surface area contributed by atoms with Gasteiger partial charge in [0.1, 0.15) is 12.1 Å². The summed E-state index contributed by atoms with van der Waals surface area (Å²) < 4.78 is 0. The van der Waals surface area contributed by atoms with Crippen molar-refractivity contribution in [3.63, 3.8) is 0 Å². The van der Waals surface area contributed by atoms with E-state index in [4.69, 9.17) is 4.98 Å². The minimum atomic E-state index is -0.0227. The smallest absolute Gasteiger partial charge is 0.217 e. The molecular formula is C30H35N5O. The van der Waals surface area contributed by atoms with Crippen LogP contribution in [0.4, 0.5) is 11.5 Å². The number of nitrogens with zero attached hydrogens (tertiary/aromatic N) is 3. The molecule has 1 spiro atoms. The number of hydrogen-bond donors (Lipinski definition) is 2. The van der Waals surface area contributed by atoms with Crippen LogP contribution >= 0.6 is 0 Å². The van der Waals surface area contributed by atoms with Gasteiger partial charge in [-0.1, -0.05) is 49.4 Å². The molecule has 6 heteroatoms. The summed E-state index contributed by atoms with van der Waals surface area (Å²) in [5.74, 6) is 1.54. The maximum atomic E-state index is 11.9. The Labute approximate surface area is 213 Å². The van der Waals surface area contributed by atoms with Gasteiger partial charge in [-0.3, -0.25) is 4.79 Å². The second-order valence-corrected chi connectivity index (χ2v) is 10.7. The molecule has 1 saturated heterocycles. The first kappa shape index (κ1) is 23.2. The molecule has 2 aliphatic heterocycles. The minimum absolute atomic E-state index is 0.00472. The van der Waals surface area contributed by atoms with Gasteiger partial charge < -0.3 is 15.5 Å². The first-order valence-corrected chi connectivity index (χ1v) is 13.3. The zero-order chi connectivity index (χ0) is 24.7. The molecule has 1 fully saturated rings. The van der Waals surface area contributed by atoms with E-state index < -0.39 is 0 Å². The zero-order valence-corrected chi connectivity index (χ0v) is 21.3. The lowest BCUT2D eigenvalue weighted by Crippen LogP contribution is -2.51. The van der Waals surface area contributed by atoms with Gasteiger partial charge in [0, 0.05) is 41.9 Å². The Balaban J connectivity index is 1.57. The largest absolute Gasteiger partial charge is 0.352 e. The number of fused-ring (bicyclic) bond motifs is 3. The summed E-state index contributed by atoms with van der Waals surface area (Å²) in [5, 5.41) is 6.69. The van der Waals surface area contributed by atoms with Gasteiger partial charge in [-0.25, -0.2) is 9.97 Å². The van der Waals surface area contributed by atoms with E-state index in [9.17, 15) is 4.79 Å². The fourth-order valence-corrected chi connectivity index (χ4v) is 6.97. The Hall–Kier alpha value is -3.25. The standard InChI is InChI=1S/C30H35N5O/c1-20-11-12-24-27(20)29(34-19-33-24)35-25-10-6-9-23(18-32-21(2)36)28(25)30(13-15-31-16-14-30)26(35)17-22-7-4-3-5-8-22/h3-10,19-20,26,31H,11-18H2,1-2H3,(H,32,36)/t20-,26-/m1/s1. The van der Waals surface area contributed by atoms with Crippen molar-refractivity contribution < 1.29 is 4.79 Å². The van der Waals surface area contributed by atoms with Crippen LogP contribution in [0, 0.1) is 0 Å². The molecule has 2 N–H and O–H groups in total. The third-order valence-electron chi connectivity index (χ3n) is 8.61. The minimum Gasteiger partial charge on any atom is -0.352 e. The van der Waals surface area contributed by atoms with Gasteiger partial charge in [0.15, 0.2) is 0 Å². The summed E-state index contributed by atoms with van der Waals surface area (Å²) in [6.07, 6.45) is 6.99. The molecule has 2 atom stereocenters. The van der Waals surface area contributed by atoms with Crippen molar-refractivity contribution in [3.05, 3.63) is 82.8 Å². The maximum absolute atomic E-state index is 11.9. The molecule has 2 aromatic carbocycles. The number of rotatable bonds is 5. The van der Waals surface area contributed by atoms with E-state index >= 15 is 0 Å². The Morgan fingerprint density at radius 2 is 1.92 bits per heavy atom. The number of carbonyl (C=O) groups is 1. The van der Waals surface area contributed by atoms with E-state index in [0.717, 1.165) is 51.0 Å². The van der Waals surface area contributed by atoms with E-state index in [1.54, 1.807) is 13.3 Å². The lowest BCUT2D eigenvalue weighted by molar-refractivity contribution is -0.119. The number of anilines is 2. The summed E-state index contributed by atoms with van der Waals surface area (Å²) in [4.78, 5) is 24.1. The number of hydrogen-bond acceptors (Lipinski definition) is 5. The summed E-state index contributed by atoms with van der Waals surface area (Å²) in [6.45, 7) is 6.45. The van der Waals surface area contributed by atoms with Crippen molar-refractivity contribution in [3.8, 4) is 0 Å². The average molecular weight is 482 g/mol. The van der Waals surface area contributed by atoms with E-state index in [1.165, 1.54) is 33.6 Å². The number of aryl methyl sites for hydroxylation is 1. The monoisotopic (exact) mass is 481 g/mol. The van der Waals surface area contributed by atoms with Crippen molar-refractivity contribution in [2.24, 2.45) is 0 Å². The molecule has 36 heavy (non-hydrogen) atoms. The average Bonchev–Trinajstić information content (AvgIpc) is 3.40. The van der Waals surface area contributed by atoms with Gasteiger partial charge in [0.25, 0.3) is 0 Å². The lowest BCUT2D eigenvalue weighted by Gasteiger charge is -2.43. The van der Waals surface area contributed by atoms with E-state index in [0.29, 0.717) is 12.5 Å². The molecule has 1 aliphatic carbocycles. The predicted octanol–water partition coefficient (Wildman–Crippen LogP) is 4.55. The molecule has 3 aliphatic rings. The molecule has 3 heterocycles. The van der Waals surface area contributed by atoms with Crippen LogP contribution in [0.5, 0.6) is 0 Å². The van der Waals surface area contributed by atoms with E-state index in [1.807, 2.05) is 0 Å². The summed E-state index contributed by atoms with van der Waals surface area (Å²) in [5.41, 5.74) is 7.72. The molecule has 6 nitrogen and oxygen atoms in total. The Kier molecular flexibility index (Phi) is 6.00. The number of piperidine rings is 1. The van der Waals surface area contributed by atoms with Gasteiger partial charge in [-0.15, -0.1) is 0 Å². The Bertz CT molecular complexity index is 1270. The molecule has 0 saturated carbocycles. The molecule has 186 valence electrons. The quantitative estimate of drug-likeness (QED) is 0.560. The van der Waals surface area contributed by atoms with Crippen LogP contribution in [0.25, 0.3) is 0 Å². The molecule has 0 radical (unpaired) electrons. The molecule has 1 aromatic heterocycles. The van der Waals surface area contributed by atoms with Crippen LogP contribution in [0.2, 0.25) is 0 Å². The first-order chi connectivity index (χ1) is 17.6. The van der Waals surface area contributed by atoms with Crippen molar-refractivity contribution in [2.45, 2.75) is 69.9 Å². The number of benzene rings is 2. The van der Waals surface area contributed by atoms with Crippen LogP contribution in [0.15, 0.2) is 54.9 Å². The highest BCUT2D eigenvalue weighted by Gasteiger charge is 2.53. The van der Waals surface area contributed by atoms with Crippen LogP contribution < -0.4 is 15.5 Å². The van der Waals surface area contributed by atoms with E-state index in [-0.39, 0.29) is 17.4 Å². The van der Waals surface area contributed by atoms with Crippen LogP contribution in [-0.2, 0) is 29.6 Å². The fourth-order valence-electron chi connectivity index (χ4n) is 6.97. The third-order valence-corrected chi connectivity index (χ3v) is 8.61. The van der Waals surface area contributed by atoms with Crippen LogP contribution in [0.3, 0.4) is 0 Å². The van der Waals surface area contributed by atoms with Crippen LogP contribution in [-0.4, -0.2) is 35.0 Å². The van der Waals surface area contributed by atoms with Gasteiger partial charge in [0.05, 0.1) is 0 Å². The highest BCUT2D eigenvalue weighted by Crippen LogP contribution is 2.56. The van der Waals surface area contributed by atoms with Crippen molar-refractivity contribution in [1.29, 1.82) is 0 Å². The normalized spacial score (nSPS) is 21.9. The number of nitrogens with one attached hydrogen (secondary N) is 2. The first-order valence-electron chi connectivity index (χ1n) is 13.3. The highest BCUT2D eigenvalue weighted by molar-refractivity contribution is 5.78. The Morgan fingerprint density at radius 1 is 1.11 bits per heavy atom. The SMILES string of the molecule is CC(=O)NCc1cccc2c1C1(CCNCC1)[C@@H](Cc1ccccc1)N2c1ncnc2c1[C@H](C)CC2. The molecule has 0 unspecified atom stereocenters. The predicted molar refractivity (Wildman–Crippen MR) is 143 cm³/mol.